The molecule has 0 amide bonds. The first-order valence-electron chi connectivity index (χ1n) is 5.50. The molecule has 1 aromatic rings. The fourth-order valence-corrected chi connectivity index (χ4v) is 3.11. The minimum absolute atomic E-state index is 0.139. The summed E-state index contributed by atoms with van der Waals surface area (Å²) in [5.41, 5.74) is 0.886. The molecule has 0 spiro atoms. The molecule has 0 aliphatic carbocycles. The number of rotatable bonds is 3. The van der Waals surface area contributed by atoms with E-state index in [1.54, 1.807) is 23.6 Å². The minimum atomic E-state index is -0.280. The van der Waals surface area contributed by atoms with Crippen LogP contribution in [0.3, 0.4) is 0 Å². The lowest BCUT2D eigenvalue weighted by molar-refractivity contribution is -0.141. The van der Waals surface area contributed by atoms with Crippen molar-refractivity contribution in [2.75, 3.05) is 23.8 Å². The van der Waals surface area contributed by atoms with E-state index in [1.807, 2.05) is 18.2 Å². The highest BCUT2D eigenvalue weighted by molar-refractivity contribution is 8.01. The molecule has 1 aliphatic rings. The highest BCUT2D eigenvalue weighted by atomic mass is 35.5. The molecule has 1 heterocycles. The van der Waals surface area contributed by atoms with Crippen LogP contribution in [-0.4, -0.2) is 29.9 Å². The molecule has 0 N–H and O–H groups in total. The van der Waals surface area contributed by atoms with E-state index in [-0.39, 0.29) is 12.5 Å². The molecule has 0 aromatic heterocycles. The third kappa shape index (κ3) is 2.96. The van der Waals surface area contributed by atoms with E-state index in [9.17, 15) is 4.79 Å². The van der Waals surface area contributed by atoms with Crippen molar-refractivity contribution in [2.45, 2.75) is 11.8 Å². The van der Waals surface area contributed by atoms with Gasteiger partial charge >= 0.3 is 5.97 Å². The van der Waals surface area contributed by atoms with Gasteiger partial charge in [0, 0.05) is 15.7 Å². The normalized spacial score (nSPS) is 14.3. The summed E-state index contributed by atoms with van der Waals surface area (Å²) in [6.07, 6.45) is 0. The monoisotopic (exact) mass is 301 g/mol. The molecule has 0 unspecified atom stereocenters. The Kier molecular flexibility index (Phi) is 4.48. The van der Waals surface area contributed by atoms with E-state index in [0.717, 1.165) is 15.6 Å². The van der Waals surface area contributed by atoms with Crippen molar-refractivity contribution in [3.8, 4) is 0 Å². The molecule has 0 bridgehead atoms. The summed E-state index contributed by atoms with van der Waals surface area (Å²) in [6.45, 7) is 2.30. The van der Waals surface area contributed by atoms with Crippen molar-refractivity contribution in [3.63, 3.8) is 0 Å². The summed E-state index contributed by atoms with van der Waals surface area (Å²) in [7, 11) is 0. The standard InChI is InChI=1S/C12H12ClNO2S2/c1-2-16-12(15)6-14-9-5-8(13)3-4-10(9)18-7-11(14)17/h3-5H,2,6-7H2,1H3. The summed E-state index contributed by atoms with van der Waals surface area (Å²) < 4.78 is 4.96. The van der Waals surface area contributed by atoms with E-state index >= 15 is 0 Å². The Hall–Kier alpha value is -0.780. The van der Waals surface area contributed by atoms with Crippen LogP contribution in [0.2, 0.25) is 5.02 Å². The maximum atomic E-state index is 11.6. The largest absolute Gasteiger partial charge is 0.465 e. The number of halogens is 1. The zero-order chi connectivity index (χ0) is 13.1. The van der Waals surface area contributed by atoms with Gasteiger partial charge in [-0.15, -0.1) is 11.8 Å². The van der Waals surface area contributed by atoms with Gasteiger partial charge in [-0.2, -0.15) is 0 Å². The number of esters is 1. The van der Waals surface area contributed by atoms with Gasteiger partial charge in [0.25, 0.3) is 0 Å². The SMILES string of the molecule is CCOC(=O)CN1C(=S)CSc2ccc(Cl)cc21. The van der Waals surface area contributed by atoms with Gasteiger partial charge in [-0.1, -0.05) is 23.8 Å². The van der Waals surface area contributed by atoms with Gasteiger partial charge in [0.15, 0.2) is 0 Å². The number of carbonyl (C=O) groups excluding carboxylic acids is 1. The van der Waals surface area contributed by atoms with Crippen LogP contribution in [0.1, 0.15) is 6.92 Å². The summed E-state index contributed by atoms with van der Waals surface area (Å²) in [4.78, 5) is 15.2. The van der Waals surface area contributed by atoms with Gasteiger partial charge in [-0.05, 0) is 25.1 Å². The highest BCUT2D eigenvalue weighted by Crippen LogP contribution is 2.37. The lowest BCUT2D eigenvalue weighted by atomic mass is 10.2. The van der Waals surface area contributed by atoms with E-state index in [2.05, 4.69) is 0 Å². The van der Waals surface area contributed by atoms with Crippen molar-refractivity contribution < 1.29 is 9.53 Å². The van der Waals surface area contributed by atoms with Gasteiger partial charge in [0.05, 0.1) is 17.3 Å². The molecule has 6 heteroatoms. The number of nitrogens with zero attached hydrogens (tertiary/aromatic N) is 1. The number of thioether (sulfide) groups is 1. The predicted octanol–water partition coefficient (Wildman–Crippen LogP) is 3.14. The Morgan fingerprint density at radius 2 is 2.39 bits per heavy atom. The van der Waals surface area contributed by atoms with Crippen LogP contribution in [0, 0.1) is 0 Å². The third-order valence-corrected chi connectivity index (χ3v) is 4.31. The lowest BCUT2D eigenvalue weighted by Gasteiger charge is -2.30. The van der Waals surface area contributed by atoms with Gasteiger partial charge in [-0.25, -0.2) is 0 Å². The summed E-state index contributed by atoms with van der Waals surface area (Å²) in [5.74, 6) is 0.418. The topological polar surface area (TPSA) is 29.5 Å². The highest BCUT2D eigenvalue weighted by Gasteiger charge is 2.24. The smallest absolute Gasteiger partial charge is 0.325 e. The molecule has 0 saturated heterocycles. The molecule has 0 fully saturated rings. The zero-order valence-electron chi connectivity index (χ0n) is 9.81. The zero-order valence-corrected chi connectivity index (χ0v) is 12.2. The number of thiocarbonyl (C=S) groups is 1. The fraction of sp³-hybridized carbons (Fsp3) is 0.333. The fourth-order valence-electron chi connectivity index (χ4n) is 1.68. The van der Waals surface area contributed by atoms with Crippen LogP contribution in [0.4, 0.5) is 5.69 Å². The molecular weight excluding hydrogens is 290 g/mol. The van der Waals surface area contributed by atoms with E-state index in [0.29, 0.717) is 17.4 Å². The second-order valence-electron chi connectivity index (χ2n) is 3.69. The number of anilines is 1. The molecule has 2 rings (SSSR count). The Bertz CT molecular complexity index is 493. The Labute approximate surface area is 120 Å². The van der Waals surface area contributed by atoms with Crippen molar-refractivity contribution in [1.82, 2.24) is 0 Å². The Morgan fingerprint density at radius 3 is 3.11 bits per heavy atom. The lowest BCUT2D eigenvalue weighted by Crippen LogP contribution is -2.38. The van der Waals surface area contributed by atoms with Crippen molar-refractivity contribution in [1.29, 1.82) is 0 Å². The number of hydrogen-bond donors (Lipinski definition) is 0. The Morgan fingerprint density at radius 1 is 1.61 bits per heavy atom. The minimum Gasteiger partial charge on any atom is -0.465 e. The molecule has 0 atom stereocenters. The number of hydrogen-bond acceptors (Lipinski definition) is 4. The van der Waals surface area contributed by atoms with Crippen LogP contribution >= 0.6 is 35.6 Å². The summed E-state index contributed by atoms with van der Waals surface area (Å²) in [5, 5.41) is 0.632. The van der Waals surface area contributed by atoms with Gasteiger partial charge in [0.2, 0.25) is 0 Å². The molecule has 1 aliphatic heterocycles. The number of ether oxygens (including phenoxy) is 1. The molecule has 1 aromatic carbocycles. The molecule has 0 radical (unpaired) electrons. The van der Waals surface area contributed by atoms with Gasteiger partial charge < -0.3 is 9.64 Å². The number of fused-ring (bicyclic) bond motifs is 1. The quantitative estimate of drug-likeness (QED) is 0.632. The van der Waals surface area contributed by atoms with Crippen LogP contribution in [-0.2, 0) is 9.53 Å². The van der Waals surface area contributed by atoms with Crippen molar-refractivity contribution in [2.24, 2.45) is 0 Å². The van der Waals surface area contributed by atoms with Crippen LogP contribution < -0.4 is 4.90 Å². The molecule has 96 valence electrons. The van der Waals surface area contributed by atoms with Crippen LogP contribution in [0.15, 0.2) is 23.1 Å². The van der Waals surface area contributed by atoms with Crippen LogP contribution in [0.25, 0.3) is 0 Å². The van der Waals surface area contributed by atoms with Crippen LogP contribution in [0.5, 0.6) is 0 Å². The average Bonchev–Trinajstić information content (AvgIpc) is 2.33. The van der Waals surface area contributed by atoms with Crippen molar-refractivity contribution in [3.05, 3.63) is 23.2 Å². The summed E-state index contributed by atoms with van der Waals surface area (Å²) in [6, 6.07) is 5.61. The van der Waals surface area contributed by atoms with Gasteiger partial charge in [0.1, 0.15) is 6.54 Å². The van der Waals surface area contributed by atoms with E-state index < -0.39 is 0 Å². The molecule has 3 nitrogen and oxygen atoms in total. The van der Waals surface area contributed by atoms with Gasteiger partial charge in [-0.3, -0.25) is 4.79 Å². The van der Waals surface area contributed by atoms with E-state index in [1.165, 1.54) is 0 Å². The van der Waals surface area contributed by atoms with E-state index in [4.69, 9.17) is 28.6 Å². The number of benzene rings is 1. The first kappa shape index (κ1) is 13.6. The summed E-state index contributed by atoms with van der Waals surface area (Å²) >= 11 is 13.0. The number of carbonyl (C=O) groups is 1. The second kappa shape index (κ2) is 5.91. The molecule has 0 saturated carbocycles. The molecule has 18 heavy (non-hydrogen) atoms. The maximum Gasteiger partial charge on any atom is 0.325 e. The first-order chi connectivity index (χ1) is 8.61. The predicted molar refractivity (Wildman–Crippen MR) is 78.8 cm³/mol. The Balaban J connectivity index is 2.27. The first-order valence-corrected chi connectivity index (χ1v) is 7.27. The van der Waals surface area contributed by atoms with Crippen molar-refractivity contribution >= 4 is 52.2 Å². The average molecular weight is 302 g/mol. The second-order valence-corrected chi connectivity index (χ2v) is 5.61. The maximum absolute atomic E-state index is 11.6. The third-order valence-electron chi connectivity index (χ3n) is 2.46. The molecular formula is C12H12ClNO2S2.